The summed E-state index contributed by atoms with van der Waals surface area (Å²) >= 11 is 0. The highest BCUT2D eigenvalue weighted by molar-refractivity contribution is 7.89. The Hall–Kier alpha value is -1.48. The van der Waals surface area contributed by atoms with Crippen LogP contribution in [-0.2, 0) is 24.3 Å². The largest absolute Gasteiger partial charge is 0.270 e. The summed E-state index contributed by atoms with van der Waals surface area (Å²) in [6.07, 6.45) is 3.91. The Bertz CT molecular complexity index is 902. The third kappa shape index (κ3) is 6.39. The molecule has 2 rings (SSSR count). The van der Waals surface area contributed by atoms with Gasteiger partial charge in [0, 0.05) is 11.9 Å². The first-order chi connectivity index (χ1) is 11.8. The van der Waals surface area contributed by atoms with Gasteiger partial charge in [-0.05, 0) is 24.3 Å². The lowest BCUT2D eigenvalue weighted by Gasteiger charge is -2.09. The Morgan fingerprint density at radius 3 is 2.32 bits per heavy atom. The van der Waals surface area contributed by atoms with Crippen molar-refractivity contribution in [3.63, 3.8) is 0 Å². The fraction of sp³-hybridized carbons (Fsp3) is 0.412. The smallest absolute Gasteiger partial charge is 0.264 e. The van der Waals surface area contributed by atoms with Gasteiger partial charge in [-0.25, -0.2) is 13.1 Å². The minimum atomic E-state index is -3.56. The van der Waals surface area contributed by atoms with Crippen LogP contribution in [0.4, 0.5) is 0 Å². The van der Waals surface area contributed by atoms with Gasteiger partial charge in [-0.1, -0.05) is 49.2 Å². The molecular weight excluding hydrogens is 362 g/mol. The Morgan fingerprint density at radius 2 is 1.56 bits per heavy atom. The quantitative estimate of drug-likeness (QED) is 0.502. The molecule has 0 aliphatic rings. The first kappa shape index (κ1) is 19.8. The van der Waals surface area contributed by atoms with Crippen LogP contribution in [0.3, 0.4) is 0 Å². The van der Waals surface area contributed by atoms with Crippen molar-refractivity contribution in [1.82, 2.24) is 4.72 Å². The van der Waals surface area contributed by atoms with Gasteiger partial charge in [-0.2, -0.15) is 8.42 Å². The number of rotatable bonds is 10. The summed E-state index contributed by atoms with van der Waals surface area (Å²) in [7, 11) is -6.94. The maximum atomic E-state index is 12.5. The van der Waals surface area contributed by atoms with Gasteiger partial charge in [0.25, 0.3) is 10.1 Å². The second-order valence-corrected chi connectivity index (χ2v) is 9.19. The molecule has 0 saturated heterocycles. The molecule has 0 spiro atoms. The summed E-state index contributed by atoms with van der Waals surface area (Å²) in [4.78, 5) is 0.284. The van der Waals surface area contributed by atoms with Crippen molar-refractivity contribution in [2.45, 2.75) is 30.6 Å². The van der Waals surface area contributed by atoms with E-state index < -0.39 is 20.1 Å². The van der Waals surface area contributed by atoms with Crippen molar-refractivity contribution in [3.8, 4) is 0 Å². The summed E-state index contributed by atoms with van der Waals surface area (Å²) < 4.78 is 53.9. The molecule has 0 radical (unpaired) electrons. The molecule has 0 atom stereocenters. The molecule has 138 valence electrons. The maximum Gasteiger partial charge on any atom is 0.264 e. The molecule has 0 aliphatic heterocycles. The minimum Gasteiger partial charge on any atom is -0.270 e. The van der Waals surface area contributed by atoms with Gasteiger partial charge in [0.15, 0.2) is 0 Å². The first-order valence-electron chi connectivity index (χ1n) is 8.11. The van der Waals surface area contributed by atoms with Crippen LogP contribution >= 0.6 is 0 Å². The van der Waals surface area contributed by atoms with E-state index in [0.717, 1.165) is 24.5 Å². The van der Waals surface area contributed by atoms with Gasteiger partial charge < -0.3 is 0 Å². The molecule has 0 heterocycles. The first-order valence-corrected chi connectivity index (χ1v) is 11.4. The standard InChI is InChI=1S/C17H23NO5S2/c1-24(19,20)23-14-7-3-2-6-13-18-25(21,22)17-12-8-10-15-9-4-5-11-16(15)17/h4-5,8-12,18H,2-3,6-7,13-14H2,1H3. The predicted molar refractivity (Wildman–Crippen MR) is 98.4 cm³/mol. The normalized spacial score (nSPS) is 12.5. The molecule has 2 aromatic rings. The van der Waals surface area contributed by atoms with Gasteiger partial charge in [-0.15, -0.1) is 0 Å². The number of nitrogens with one attached hydrogen (secondary N) is 1. The lowest BCUT2D eigenvalue weighted by atomic mass is 10.1. The average Bonchev–Trinajstić information content (AvgIpc) is 2.55. The summed E-state index contributed by atoms with van der Waals surface area (Å²) in [6.45, 7) is 0.513. The predicted octanol–water partition coefficient (Wildman–Crippen LogP) is 2.65. The SMILES string of the molecule is CS(=O)(=O)OCCCCCCNS(=O)(=O)c1cccc2ccccc12. The van der Waals surface area contributed by atoms with Gasteiger partial charge in [0.05, 0.1) is 17.8 Å². The zero-order chi connectivity index (χ0) is 18.3. The lowest BCUT2D eigenvalue weighted by molar-refractivity contribution is 0.310. The lowest BCUT2D eigenvalue weighted by Crippen LogP contribution is -2.25. The van der Waals surface area contributed by atoms with E-state index in [1.165, 1.54) is 0 Å². The van der Waals surface area contributed by atoms with Crippen LogP contribution in [-0.4, -0.2) is 36.2 Å². The molecule has 1 N–H and O–H groups in total. The Kier molecular flexibility index (Phi) is 6.95. The van der Waals surface area contributed by atoms with Crippen LogP contribution in [0.25, 0.3) is 10.8 Å². The zero-order valence-electron chi connectivity index (χ0n) is 14.1. The van der Waals surface area contributed by atoms with Gasteiger partial charge in [-0.3, -0.25) is 4.18 Å². The van der Waals surface area contributed by atoms with E-state index in [0.29, 0.717) is 24.8 Å². The van der Waals surface area contributed by atoms with E-state index in [-0.39, 0.29) is 11.5 Å². The molecule has 0 fully saturated rings. The number of hydrogen-bond acceptors (Lipinski definition) is 5. The van der Waals surface area contributed by atoms with Crippen LogP contribution in [0.1, 0.15) is 25.7 Å². The number of hydrogen-bond donors (Lipinski definition) is 1. The Labute approximate surface area is 149 Å². The molecule has 0 aliphatic carbocycles. The highest BCUT2D eigenvalue weighted by Crippen LogP contribution is 2.22. The van der Waals surface area contributed by atoms with E-state index in [1.54, 1.807) is 18.2 Å². The summed E-state index contributed by atoms with van der Waals surface area (Å²) in [6, 6.07) is 12.6. The third-order valence-electron chi connectivity index (χ3n) is 3.70. The maximum absolute atomic E-state index is 12.5. The van der Waals surface area contributed by atoms with Crippen LogP contribution < -0.4 is 4.72 Å². The molecule has 0 amide bonds. The van der Waals surface area contributed by atoms with Crippen LogP contribution in [0.5, 0.6) is 0 Å². The summed E-state index contributed by atoms with van der Waals surface area (Å²) in [5, 5.41) is 1.59. The third-order valence-corrected chi connectivity index (χ3v) is 5.81. The van der Waals surface area contributed by atoms with E-state index in [2.05, 4.69) is 8.91 Å². The van der Waals surface area contributed by atoms with Crippen molar-refractivity contribution in [3.05, 3.63) is 42.5 Å². The van der Waals surface area contributed by atoms with Crippen LogP contribution in [0, 0.1) is 0 Å². The molecule has 0 saturated carbocycles. The monoisotopic (exact) mass is 385 g/mol. The van der Waals surface area contributed by atoms with Gasteiger partial charge in [0.1, 0.15) is 0 Å². The molecule has 2 aromatic carbocycles. The highest BCUT2D eigenvalue weighted by Gasteiger charge is 2.16. The van der Waals surface area contributed by atoms with Crippen LogP contribution in [0.15, 0.2) is 47.4 Å². The van der Waals surface area contributed by atoms with Crippen molar-refractivity contribution in [2.75, 3.05) is 19.4 Å². The Balaban J connectivity index is 1.80. The zero-order valence-corrected chi connectivity index (χ0v) is 15.8. The molecular formula is C17H23NO5S2. The van der Waals surface area contributed by atoms with Crippen molar-refractivity contribution in [2.24, 2.45) is 0 Å². The summed E-state index contributed by atoms with van der Waals surface area (Å²) in [5.41, 5.74) is 0. The van der Waals surface area contributed by atoms with E-state index in [1.807, 2.05) is 24.3 Å². The second kappa shape index (κ2) is 8.75. The molecule has 25 heavy (non-hydrogen) atoms. The molecule has 0 unspecified atom stereocenters. The molecule has 6 nitrogen and oxygen atoms in total. The number of benzene rings is 2. The van der Waals surface area contributed by atoms with Crippen molar-refractivity contribution >= 4 is 30.9 Å². The Morgan fingerprint density at radius 1 is 0.880 bits per heavy atom. The van der Waals surface area contributed by atoms with Crippen molar-refractivity contribution in [1.29, 1.82) is 0 Å². The van der Waals surface area contributed by atoms with E-state index in [9.17, 15) is 16.8 Å². The topological polar surface area (TPSA) is 89.5 Å². The average molecular weight is 386 g/mol. The summed E-state index contributed by atoms with van der Waals surface area (Å²) in [5.74, 6) is 0. The van der Waals surface area contributed by atoms with Crippen molar-refractivity contribution < 1.29 is 21.0 Å². The number of unbranched alkanes of at least 4 members (excludes halogenated alkanes) is 3. The second-order valence-electron chi connectivity index (χ2n) is 5.82. The molecule has 8 heteroatoms. The van der Waals surface area contributed by atoms with E-state index >= 15 is 0 Å². The molecule has 0 aromatic heterocycles. The number of fused-ring (bicyclic) bond motifs is 1. The van der Waals surface area contributed by atoms with E-state index in [4.69, 9.17) is 0 Å². The fourth-order valence-corrected chi connectivity index (χ4v) is 4.23. The van der Waals surface area contributed by atoms with Gasteiger partial charge in [0.2, 0.25) is 10.0 Å². The minimum absolute atomic E-state index is 0.167. The number of sulfonamides is 1. The molecule has 0 bridgehead atoms. The fourth-order valence-electron chi connectivity index (χ4n) is 2.51. The van der Waals surface area contributed by atoms with Crippen LogP contribution in [0.2, 0.25) is 0 Å². The van der Waals surface area contributed by atoms with Gasteiger partial charge >= 0.3 is 0 Å². The highest BCUT2D eigenvalue weighted by atomic mass is 32.2.